The third-order valence-electron chi connectivity index (χ3n) is 11.6. The Bertz CT molecular complexity index is 3220. The molecular formula is C51H33N5O. The van der Waals surface area contributed by atoms with Gasteiger partial charge >= 0.3 is 0 Å². The number of anilines is 2. The zero-order valence-corrected chi connectivity index (χ0v) is 30.7. The molecule has 268 valence electrons. The monoisotopic (exact) mass is 731 g/mol. The third kappa shape index (κ3) is 4.94. The van der Waals surface area contributed by atoms with Gasteiger partial charge in [0.25, 0.3) is 0 Å². The summed E-state index contributed by atoms with van der Waals surface area (Å²) in [6, 6.07) is 57.4. The topological polar surface area (TPSA) is 60.0 Å². The number of hydrogen-bond acceptors (Lipinski definition) is 5. The highest BCUT2D eigenvalue weighted by atomic mass is 16.3. The van der Waals surface area contributed by atoms with Crippen LogP contribution in [-0.4, -0.2) is 25.6 Å². The summed E-state index contributed by atoms with van der Waals surface area (Å²) in [7, 11) is 0. The smallest absolute Gasteiger partial charge is 0.238 e. The maximum atomic E-state index is 6.73. The molecule has 0 N–H and O–H groups in total. The summed E-state index contributed by atoms with van der Waals surface area (Å²) in [5, 5.41) is 4.30. The van der Waals surface area contributed by atoms with E-state index in [0.717, 1.165) is 60.6 Å². The lowest BCUT2D eigenvalue weighted by atomic mass is 9.91. The van der Waals surface area contributed by atoms with Gasteiger partial charge in [0.05, 0.1) is 17.1 Å². The summed E-state index contributed by atoms with van der Waals surface area (Å²) in [4.78, 5) is 18.2. The van der Waals surface area contributed by atoms with E-state index in [-0.39, 0.29) is 12.0 Å². The molecule has 6 heteroatoms. The molecule has 0 amide bonds. The maximum Gasteiger partial charge on any atom is 0.238 e. The first kappa shape index (κ1) is 31.7. The number of hydrogen-bond donors (Lipinski definition) is 0. The molecule has 57 heavy (non-hydrogen) atoms. The van der Waals surface area contributed by atoms with Crippen molar-refractivity contribution >= 4 is 55.1 Å². The molecule has 4 heterocycles. The fraction of sp³-hybridized carbons (Fsp3) is 0.0392. The summed E-state index contributed by atoms with van der Waals surface area (Å²) in [6.45, 7) is 0. The van der Waals surface area contributed by atoms with Crippen molar-refractivity contribution < 1.29 is 4.42 Å². The number of allylic oxidation sites excluding steroid dienone is 2. The van der Waals surface area contributed by atoms with Gasteiger partial charge in [-0.3, -0.25) is 4.57 Å². The Labute approximate surface area is 328 Å². The number of furan rings is 1. The van der Waals surface area contributed by atoms with Crippen LogP contribution in [-0.2, 0) is 0 Å². The van der Waals surface area contributed by atoms with Gasteiger partial charge in [0.1, 0.15) is 11.2 Å². The van der Waals surface area contributed by atoms with Gasteiger partial charge in [-0.2, -0.15) is 9.97 Å². The van der Waals surface area contributed by atoms with Crippen molar-refractivity contribution in [2.75, 3.05) is 4.90 Å². The van der Waals surface area contributed by atoms with Crippen LogP contribution in [0.5, 0.6) is 0 Å². The Morgan fingerprint density at radius 1 is 0.491 bits per heavy atom. The van der Waals surface area contributed by atoms with E-state index in [1.54, 1.807) is 0 Å². The minimum Gasteiger partial charge on any atom is -0.456 e. The average Bonchev–Trinajstić information content (AvgIpc) is 3.93. The zero-order chi connectivity index (χ0) is 37.5. The van der Waals surface area contributed by atoms with Gasteiger partial charge < -0.3 is 9.32 Å². The molecule has 0 fully saturated rings. The number of para-hydroxylation sites is 2. The molecule has 0 spiro atoms. The minimum atomic E-state index is 0.138. The first-order valence-corrected chi connectivity index (χ1v) is 19.4. The Hall–Kier alpha value is -7.57. The van der Waals surface area contributed by atoms with E-state index in [9.17, 15) is 0 Å². The molecule has 1 aliphatic heterocycles. The Balaban J connectivity index is 1.09. The SMILES string of the molecule is C1=CC2c3cc4oc5cccc(-c6nc(-c7ccccc7)nc(-n7c8ccccc8c8ccccc87)n6)c5c4cc3N(c3cccc(-c4ccccc4)c3)C2C=C1. The van der Waals surface area contributed by atoms with Crippen molar-refractivity contribution in [3.63, 3.8) is 0 Å². The normalized spacial score (nSPS) is 15.9. The van der Waals surface area contributed by atoms with Crippen molar-refractivity contribution in [3.05, 3.63) is 194 Å². The van der Waals surface area contributed by atoms with Crippen molar-refractivity contribution in [1.82, 2.24) is 19.5 Å². The predicted molar refractivity (Wildman–Crippen MR) is 231 cm³/mol. The summed E-state index contributed by atoms with van der Waals surface area (Å²) < 4.78 is 8.89. The summed E-state index contributed by atoms with van der Waals surface area (Å²) >= 11 is 0. The second-order valence-electron chi connectivity index (χ2n) is 14.8. The zero-order valence-electron chi connectivity index (χ0n) is 30.7. The van der Waals surface area contributed by atoms with Crippen molar-refractivity contribution in [1.29, 1.82) is 0 Å². The van der Waals surface area contributed by atoms with Crippen LogP contribution in [0.15, 0.2) is 193 Å². The first-order chi connectivity index (χ1) is 28.3. The van der Waals surface area contributed by atoms with Crippen LogP contribution >= 0.6 is 0 Å². The molecule has 2 atom stereocenters. The lowest BCUT2D eigenvalue weighted by molar-refractivity contribution is 0.667. The van der Waals surface area contributed by atoms with E-state index in [1.807, 2.05) is 30.3 Å². The molecule has 0 radical (unpaired) electrons. The highest BCUT2D eigenvalue weighted by molar-refractivity contribution is 6.13. The molecule has 1 aliphatic carbocycles. The predicted octanol–water partition coefficient (Wildman–Crippen LogP) is 12.6. The van der Waals surface area contributed by atoms with Crippen molar-refractivity contribution in [2.45, 2.75) is 12.0 Å². The lowest BCUT2D eigenvalue weighted by Gasteiger charge is -2.29. The van der Waals surface area contributed by atoms with Crippen LogP contribution in [0.25, 0.3) is 83.6 Å². The summed E-state index contributed by atoms with van der Waals surface area (Å²) in [5.74, 6) is 1.94. The van der Waals surface area contributed by atoms with E-state index in [4.69, 9.17) is 19.4 Å². The maximum absolute atomic E-state index is 6.73. The quantitative estimate of drug-likeness (QED) is 0.176. The fourth-order valence-corrected chi connectivity index (χ4v) is 9.05. The Morgan fingerprint density at radius 3 is 1.95 bits per heavy atom. The number of nitrogens with zero attached hydrogens (tertiary/aromatic N) is 5. The minimum absolute atomic E-state index is 0.138. The number of benzene rings is 7. The molecule has 0 saturated heterocycles. The molecular weight excluding hydrogens is 699 g/mol. The van der Waals surface area contributed by atoms with Gasteiger partial charge in [-0.15, -0.1) is 0 Å². The van der Waals surface area contributed by atoms with Crippen molar-refractivity contribution in [2.24, 2.45) is 0 Å². The standard InChI is InChI=1S/C51H33N5O/c1-3-15-32(16-4-1)34-19-13-20-35(29-34)55-42-25-10-9-23-38(42)40-31-47-41(30-45(40)55)48-39(24-14-28-46(48)57-47)50-52-49(33-17-5-2-6-18-33)53-51(54-50)56-43-26-11-7-21-36(43)37-22-8-12-27-44(37)56/h1-31,38,42H. The van der Waals surface area contributed by atoms with Gasteiger partial charge in [-0.25, -0.2) is 4.98 Å². The average molecular weight is 732 g/mol. The van der Waals surface area contributed by atoms with E-state index in [1.165, 1.54) is 22.4 Å². The number of rotatable bonds is 5. The highest BCUT2D eigenvalue weighted by Gasteiger charge is 2.38. The Kier molecular flexibility index (Phi) is 6.95. The van der Waals surface area contributed by atoms with E-state index >= 15 is 0 Å². The number of fused-ring (bicyclic) bond motifs is 9. The van der Waals surface area contributed by atoms with E-state index < -0.39 is 0 Å². The van der Waals surface area contributed by atoms with Crippen LogP contribution < -0.4 is 4.90 Å². The molecule has 2 aliphatic rings. The highest BCUT2D eigenvalue weighted by Crippen LogP contribution is 2.51. The molecule has 2 unspecified atom stereocenters. The first-order valence-electron chi connectivity index (χ1n) is 19.4. The van der Waals surface area contributed by atoms with E-state index in [0.29, 0.717) is 17.6 Å². The van der Waals surface area contributed by atoms with Gasteiger partial charge in [-0.1, -0.05) is 146 Å². The Morgan fingerprint density at radius 2 is 1.16 bits per heavy atom. The molecule has 6 nitrogen and oxygen atoms in total. The molecule has 12 rings (SSSR count). The van der Waals surface area contributed by atoms with Gasteiger partial charge in [0.15, 0.2) is 11.6 Å². The second kappa shape index (κ2) is 12.5. The van der Waals surface area contributed by atoms with Gasteiger partial charge in [-0.05, 0) is 59.2 Å². The molecule has 3 aromatic heterocycles. The van der Waals surface area contributed by atoms with Crippen LogP contribution in [0.1, 0.15) is 11.5 Å². The fourth-order valence-electron chi connectivity index (χ4n) is 9.05. The largest absolute Gasteiger partial charge is 0.456 e. The summed E-state index contributed by atoms with van der Waals surface area (Å²) in [6.07, 6.45) is 8.96. The van der Waals surface area contributed by atoms with Gasteiger partial charge in [0, 0.05) is 50.0 Å². The third-order valence-corrected chi connectivity index (χ3v) is 11.6. The van der Waals surface area contributed by atoms with Gasteiger partial charge in [0.2, 0.25) is 5.95 Å². The molecule has 0 bridgehead atoms. The van der Waals surface area contributed by atoms with E-state index in [2.05, 4.69) is 167 Å². The molecule has 10 aromatic rings. The summed E-state index contributed by atoms with van der Waals surface area (Å²) in [5.41, 5.74) is 11.5. The van der Waals surface area contributed by atoms with Crippen LogP contribution in [0.2, 0.25) is 0 Å². The second-order valence-corrected chi connectivity index (χ2v) is 14.8. The molecule has 0 saturated carbocycles. The molecule has 7 aromatic carbocycles. The van der Waals surface area contributed by atoms with Crippen LogP contribution in [0.3, 0.4) is 0 Å². The van der Waals surface area contributed by atoms with Crippen LogP contribution in [0.4, 0.5) is 11.4 Å². The number of aromatic nitrogens is 4. The van der Waals surface area contributed by atoms with Crippen molar-refractivity contribution in [3.8, 4) is 39.9 Å². The van der Waals surface area contributed by atoms with Crippen LogP contribution in [0, 0.1) is 0 Å². The lowest BCUT2D eigenvalue weighted by Crippen LogP contribution is -2.28.